The molecule has 1 amide bonds. The fourth-order valence-corrected chi connectivity index (χ4v) is 2.17. The Morgan fingerprint density at radius 3 is 2.57 bits per heavy atom. The van der Waals surface area contributed by atoms with Crippen molar-refractivity contribution in [1.29, 1.82) is 0 Å². The maximum atomic E-state index is 12.0. The number of para-hydroxylation sites is 1. The van der Waals surface area contributed by atoms with E-state index in [1.54, 1.807) is 0 Å². The van der Waals surface area contributed by atoms with Gasteiger partial charge in [0.05, 0.1) is 0 Å². The zero-order valence-corrected chi connectivity index (χ0v) is 13.8. The van der Waals surface area contributed by atoms with Crippen LogP contribution in [0.4, 0.5) is 5.69 Å². The van der Waals surface area contributed by atoms with Crippen LogP contribution in [0.3, 0.4) is 0 Å². The van der Waals surface area contributed by atoms with Crippen molar-refractivity contribution in [2.24, 2.45) is 0 Å². The molecule has 2 N–H and O–H groups in total. The lowest BCUT2D eigenvalue weighted by molar-refractivity contribution is -0.116. The van der Waals surface area contributed by atoms with Crippen molar-refractivity contribution in [2.75, 3.05) is 39.0 Å². The molecule has 0 atom stereocenters. The average Bonchev–Trinajstić information content (AvgIpc) is 2.42. The highest BCUT2D eigenvalue weighted by molar-refractivity contribution is 5.91. The Morgan fingerprint density at radius 1 is 1.19 bits per heavy atom. The second-order valence-electron chi connectivity index (χ2n) is 5.95. The molecule has 4 heteroatoms. The van der Waals surface area contributed by atoms with Gasteiger partial charge < -0.3 is 15.5 Å². The van der Waals surface area contributed by atoms with Crippen LogP contribution < -0.4 is 10.6 Å². The summed E-state index contributed by atoms with van der Waals surface area (Å²) in [7, 11) is 4.14. The van der Waals surface area contributed by atoms with E-state index in [9.17, 15) is 4.79 Å². The Kier molecular flexibility index (Phi) is 8.01. The van der Waals surface area contributed by atoms with Gasteiger partial charge in [-0.25, -0.2) is 0 Å². The molecule has 0 saturated heterocycles. The predicted molar refractivity (Wildman–Crippen MR) is 89.8 cm³/mol. The first kappa shape index (κ1) is 17.7. The van der Waals surface area contributed by atoms with Gasteiger partial charge in [-0.15, -0.1) is 0 Å². The number of nitrogens with zero attached hydrogens (tertiary/aromatic N) is 1. The summed E-state index contributed by atoms with van der Waals surface area (Å²) in [5, 5.41) is 6.32. The SMILES string of the molecule is CC(C)c1ccccc1NC(=O)CCNCCCN(C)C. The number of anilines is 1. The first-order valence-electron chi connectivity index (χ1n) is 7.75. The van der Waals surface area contributed by atoms with E-state index in [0.29, 0.717) is 12.3 Å². The van der Waals surface area contributed by atoms with Gasteiger partial charge >= 0.3 is 0 Å². The minimum Gasteiger partial charge on any atom is -0.326 e. The van der Waals surface area contributed by atoms with Crippen molar-refractivity contribution in [3.8, 4) is 0 Å². The van der Waals surface area contributed by atoms with E-state index >= 15 is 0 Å². The number of hydrogen-bond acceptors (Lipinski definition) is 3. The lowest BCUT2D eigenvalue weighted by atomic mass is 10.0. The van der Waals surface area contributed by atoms with Gasteiger partial charge in [-0.3, -0.25) is 4.79 Å². The van der Waals surface area contributed by atoms with Crippen LogP contribution in [0.5, 0.6) is 0 Å². The molecule has 0 heterocycles. The summed E-state index contributed by atoms with van der Waals surface area (Å²) in [4.78, 5) is 14.1. The topological polar surface area (TPSA) is 44.4 Å². The largest absolute Gasteiger partial charge is 0.326 e. The maximum absolute atomic E-state index is 12.0. The van der Waals surface area contributed by atoms with Crippen LogP contribution in [0, 0.1) is 0 Å². The number of benzene rings is 1. The van der Waals surface area contributed by atoms with E-state index in [2.05, 4.69) is 49.5 Å². The van der Waals surface area contributed by atoms with Gasteiger partial charge in [0.1, 0.15) is 0 Å². The third-order valence-corrected chi connectivity index (χ3v) is 3.34. The van der Waals surface area contributed by atoms with E-state index in [1.807, 2.05) is 18.2 Å². The number of hydrogen-bond donors (Lipinski definition) is 2. The molecule has 4 nitrogen and oxygen atoms in total. The highest BCUT2D eigenvalue weighted by Gasteiger charge is 2.08. The number of carbonyl (C=O) groups is 1. The molecule has 0 spiro atoms. The summed E-state index contributed by atoms with van der Waals surface area (Å²) in [6.45, 7) is 7.02. The monoisotopic (exact) mass is 291 g/mol. The van der Waals surface area contributed by atoms with Crippen molar-refractivity contribution in [3.05, 3.63) is 29.8 Å². The van der Waals surface area contributed by atoms with E-state index in [4.69, 9.17) is 0 Å². The van der Waals surface area contributed by atoms with Gasteiger partial charge in [-0.05, 0) is 51.2 Å². The molecule has 0 fully saturated rings. The standard InChI is InChI=1S/C17H29N3O/c1-14(2)15-8-5-6-9-16(15)19-17(21)10-12-18-11-7-13-20(3)4/h5-6,8-9,14,18H,7,10-13H2,1-4H3,(H,19,21). The number of nitrogens with one attached hydrogen (secondary N) is 2. The molecule has 0 unspecified atom stereocenters. The average molecular weight is 291 g/mol. The van der Waals surface area contributed by atoms with Crippen LogP contribution in [0.25, 0.3) is 0 Å². The third-order valence-electron chi connectivity index (χ3n) is 3.34. The van der Waals surface area contributed by atoms with Crippen LogP contribution in [-0.2, 0) is 4.79 Å². The molecule has 0 saturated carbocycles. The fraction of sp³-hybridized carbons (Fsp3) is 0.588. The Labute approximate surface area is 128 Å². The minimum absolute atomic E-state index is 0.0724. The molecule has 0 aliphatic rings. The number of carbonyl (C=O) groups excluding carboxylic acids is 1. The van der Waals surface area contributed by atoms with Crippen molar-refractivity contribution in [1.82, 2.24) is 10.2 Å². The van der Waals surface area contributed by atoms with E-state index in [1.165, 1.54) is 5.56 Å². The summed E-state index contributed by atoms with van der Waals surface area (Å²) < 4.78 is 0. The second kappa shape index (κ2) is 9.53. The molecule has 118 valence electrons. The first-order valence-corrected chi connectivity index (χ1v) is 7.75. The zero-order chi connectivity index (χ0) is 15.7. The van der Waals surface area contributed by atoms with Crippen LogP contribution in [0.2, 0.25) is 0 Å². The highest BCUT2D eigenvalue weighted by Crippen LogP contribution is 2.23. The molecule has 0 aromatic heterocycles. The lowest BCUT2D eigenvalue weighted by Gasteiger charge is -2.14. The van der Waals surface area contributed by atoms with Gasteiger partial charge in [0.2, 0.25) is 5.91 Å². The van der Waals surface area contributed by atoms with E-state index in [0.717, 1.165) is 31.7 Å². The lowest BCUT2D eigenvalue weighted by Crippen LogP contribution is -2.25. The summed E-state index contributed by atoms with van der Waals surface area (Å²) in [6, 6.07) is 8.01. The highest BCUT2D eigenvalue weighted by atomic mass is 16.1. The van der Waals surface area contributed by atoms with Crippen LogP contribution in [-0.4, -0.2) is 44.5 Å². The van der Waals surface area contributed by atoms with Crippen molar-refractivity contribution in [3.63, 3.8) is 0 Å². The van der Waals surface area contributed by atoms with Gasteiger partial charge in [-0.2, -0.15) is 0 Å². The van der Waals surface area contributed by atoms with Gasteiger partial charge in [0.15, 0.2) is 0 Å². The van der Waals surface area contributed by atoms with Gasteiger partial charge in [-0.1, -0.05) is 32.0 Å². The van der Waals surface area contributed by atoms with Crippen LogP contribution in [0.1, 0.15) is 38.2 Å². The van der Waals surface area contributed by atoms with Gasteiger partial charge in [0, 0.05) is 18.7 Å². The molecule has 0 bridgehead atoms. The molecule has 1 rings (SSSR count). The smallest absolute Gasteiger partial charge is 0.225 e. The summed E-state index contributed by atoms with van der Waals surface area (Å²) >= 11 is 0. The second-order valence-corrected chi connectivity index (χ2v) is 5.95. The summed E-state index contributed by atoms with van der Waals surface area (Å²) in [5.41, 5.74) is 2.12. The molecule has 1 aromatic carbocycles. The van der Waals surface area contributed by atoms with E-state index < -0.39 is 0 Å². The Bertz CT molecular complexity index is 430. The molecule has 21 heavy (non-hydrogen) atoms. The predicted octanol–water partition coefficient (Wildman–Crippen LogP) is 2.68. The summed E-state index contributed by atoms with van der Waals surface area (Å²) in [5.74, 6) is 0.480. The molecule has 0 radical (unpaired) electrons. The van der Waals surface area contributed by atoms with Crippen molar-refractivity contribution in [2.45, 2.75) is 32.6 Å². The van der Waals surface area contributed by atoms with Crippen LogP contribution >= 0.6 is 0 Å². The van der Waals surface area contributed by atoms with E-state index in [-0.39, 0.29) is 5.91 Å². The minimum atomic E-state index is 0.0724. The third kappa shape index (κ3) is 7.25. The molecule has 0 aliphatic heterocycles. The molecule has 0 aliphatic carbocycles. The quantitative estimate of drug-likeness (QED) is 0.688. The van der Waals surface area contributed by atoms with Crippen molar-refractivity contribution < 1.29 is 4.79 Å². The van der Waals surface area contributed by atoms with Gasteiger partial charge in [0.25, 0.3) is 0 Å². The Balaban J connectivity index is 2.28. The molecule has 1 aromatic rings. The van der Waals surface area contributed by atoms with Crippen LogP contribution in [0.15, 0.2) is 24.3 Å². The molecular formula is C17H29N3O. The maximum Gasteiger partial charge on any atom is 0.225 e. The molecular weight excluding hydrogens is 262 g/mol. The summed E-state index contributed by atoms with van der Waals surface area (Å²) in [6.07, 6.45) is 1.61. The normalized spacial score (nSPS) is 11.1. The fourth-order valence-electron chi connectivity index (χ4n) is 2.17. The zero-order valence-electron chi connectivity index (χ0n) is 13.8. The van der Waals surface area contributed by atoms with Crippen molar-refractivity contribution >= 4 is 11.6 Å². The number of amides is 1. The number of rotatable bonds is 9. The first-order chi connectivity index (χ1) is 10.0. The Hall–Kier alpha value is -1.39. The Morgan fingerprint density at radius 2 is 1.90 bits per heavy atom.